The van der Waals surface area contributed by atoms with Crippen LogP contribution in [0.4, 0.5) is 5.82 Å². The van der Waals surface area contributed by atoms with Crippen molar-refractivity contribution in [1.29, 1.82) is 0 Å². The van der Waals surface area contributed by atoms with Crippen molar-refractivity contribution in [1.82, 2.24) is 14.3 Å². The van der Waals surface area contributed by atoms with Gasteiger partial charge in [0.25, 0.3) is 0 Å². The molecule has 5 rings (SSSR count). The lowest BCUT2D eigenvalue weighted by Crippen LogP contribution is -2.57. The van der Waals surface area contributed by atoms with E-state index >= 15 is 0 Å². The average molecular weight is 459 g/mol. The Morgan fingerprint density at radius 3 is 2.23 bits per heavy atom. The van der Waals surface area contributed by atoms with Crippen molar-refractivity contribution in [3.05, 3.63) is 60.8 Å². The third-order valence-corrected chi connectivity index (χ3v) is 10.8. The lowest BCUT2D eigenvalue weighted by molar-refractivity contribution is 0.255. The van der Waals surface area contributed by atoms with E-state index in [1.807, 2.05) is 29.2 Å². The average Bonchev–Trinajstić information content (AvgIpc) is 3.05. The summed E-state index contributed by atoms with van der Waals surface area (Å²) in [5, 5.41) is 0. The molecular formula is C21H22N4O4S2. The molecule has 2 saturated heterocycles. The lowest BCUT2D eigenvalue weighted by atomic mass is 10.0. The maximum Gasteiger partial charge on any atom is 0.244 e. The second-order valence-electron chi connectivity index (χ2n) is 7.86. The molecule has 0 unspecified atom stereocenters. The Kier molecular flexibility index (Phi) is 4.76. The van der Waals surface area contributed by atoms with Crippen molar-refractivity contribution in [3.63, 3.8) is 0 Å². The van der Waals surface area contributed by atoms with Crippen LogP contribution in [0, 0.1) is 0 Å². The molecule has 2 fully saturated rings. The number of nitrogens with zero attached hydrogens (tertiary/aromatic N) is 4. The highest BCUT2D eigenvalue weighted by molar-refractivity contribution is 7.95. The number of fused-ring (bicyclic) bond motifs is 1. The van der Waals surface area contributed by atoms with Gasteiger partial charge >= 0.3 is 0 Å². The van der Waals surface area contributed by atoms with E-state index in [2.05, 4.69) is 9.97 Å². The van der Waals surface area contributed by atoms with E-state index in [1.54, 1.807) is 24.4 Å². The SMILES string of the molecule is O=S(=O)(c1ccccc1)N1CCS(=O)(=O)C12CCN(c1cnc3ccccc3n1)CC2. The number of para-hydroxylation sites is 2. The van der Waals surface area contributed by atoms with Crippen molar-refractivity contribution in [2.45, 2.75) is 22.6 Å². The van der Waals surface area contributed by atoms with Crippen molar-refractivity contribution in [2.75, 3.05) is 30.3 Å². The molecule has 2 aromatic carbocycles. The van der Waals surface area contributed by atoms with Gasteiger partial charge in [0.15, 0.2) is 9.84 Å². The molecule has 10 heteroatoms. The number of benzene rings is 2. The molecule has 0 N–H and O–H groups in total. The van der Waals surface area contributed by atoms with Crippen molar-refractivity contribution < 1.29 is 16.8 Å². The van der Waals surface area contributed by atoms with Crippen LogP contribution in [-0.4, -0.2) is 61.4 Å². The molecule has 0 atom stereocenters. The summed E-state index contributed by atoms with van der Waals surface area (Å²) in [6.07, 6.45) is 2.06. The van der Waals surface area contributed by atoms with Crippen molar-refractivity contribution in [3.8, 4) is 0 Å². The molecule has 3 aromatic rings. The number of hydrogen-bond donors (Lipinski definition) is 0. The largest absolute Gasteiger partial charge is 0.355 e. The van der Waals surface area contributed by atoms with Crippen LogP contribution in [-0.2, 0) is 19.9 Å². The zero-order valence-electron chi connectivity index (χ0n) is 16.8. The Hall–Kier alpha value is -2.56. The molecule has 31 heavy (non-hydrogen) atoms. The predicted octanol–water partition coefficient (Wildman–Crippen LogP) is 2.05. The van der Waals surface area contributed by atoms with Crippen LogP contribution >= 0.6 is 0 Å². The number of piperidine rings is 1. The summed E-state index contributed by atoms with van der Waals surface area (Å²) >= 11 is 0. The summed E-state index contributed by atoms with van der Waals surface area (Å²) in [5.74, 6) is 0.510. The normalized spacial score (nSPS) is 21.0. The molecule has 3 heterocycles. The first-order valence-electron chi connectivity index (χ1n) is 10.1. The molecule has 0 aliphatic carbocycles. The van der Waals surface area contributed by atoms with E-state index in [-0.39, 0.29) is 30.0 Å². The van der Waals surface area contributed by atoms with Crippen LogP contribution in [0.3, 0.4) is 0 Å². The molecule has 0 amide bonds. The Morgan fingerprint density at radius 1 is 0.871 bits per heavy atom. The quantitative estimate of drug-likeness (QED) is 0.592. The van der Waals surface area contributed by atoms with Gasteiger partial charge in [0.1, 0.15) is 10.7 Å². The highest BCUT2D eigenvalue weighted by atomic mass is 32.2. The topological polar surface area (TPSA) is 101 Å². The molecule has 0 saturated carbocycles. The lowest BCUT2D eigenvalue weighted by Gasteiger charge is -2.43. The summed E-state index contributed by atoms with van der Waals surface area (Å²) in [6, 6.07) is 15.6. The van der Waals surface area contributed by atoms with E-state index in [9.17, 15) is 16.8 Å². The van der Waals surface area contributed by atoms with Crippen molar-refractivity contribution >= 4 is 36.7 Å². The summed E-state index contributed by atoms with van der Waals surface area (Å²) in [7, 11) is -7.53. The molecule has 2 aliphatic heterocycles. The molecule has 0 bridgehead atoms. The molecule has 1 aromatic heterocycles. The number of rotatable bonds is 3. The third kappa shape index (κ3) is 3.20. The minimum Gasteiger partial charge on any atom is -0.355 e. The number of sulfonamides is 1. The molecule has 2 aliphatic rings. The fraction of sp³-hybridized carbons (Fsp3) is 0.333. The number of aromatic nitrogens is 2. The highest BCUT2D eigenvalue weighted by Crippen LogP contribution is 2.43. The monoisotopic (exact) mass is 458 g/mol. The number of hydrogen-bond acceptors (Lipinski definition) is 7. The summed E-state index contributed by atoms with van der Waals surface area (Å²) in [5.41, 5.74) is 1.56. The minimum atomic E-state index is -3.92. The summed E-state index contributed by atoms with van der Waals surface area (Å²) in [6.45, 7) is 0.745. The van der Waals surface area contributed by atoms with Crippen LogP contribution < -0.4 is 4.90 Å². The fourth-order valence-electron chi connectivity index (χ4n) is 4.56. The molecule has 0 radical (unpaired) electrons. The Balaban J connectivity index is 1.46. The smallest absolute Gasteiger partial charge is 0.244 e. The maximum atomic E-state index is 13.3. The van der Waals surface area contributed by atoms with Gasteiger partial charge in [-0.1, -0.05) is 30.3 Å². The van der Waals surface area contributed by atoms with E-state index in [4.69, 9.17) is 0 Å². The van der Waals surface area contributed by atoms with E-state index in [0.717, 1.165) is 11.0 Å². The van der Waals surface area contributed by atoms with Gasteiger partial charge in [-0.2, -0.15) is 4.31 Å². The van der Waals surface area contributed by atoms with Gasteiger partial charge in [-0.15, -0.1) is 0 Å². The van der Waals surface area contributed by atoms with Crippen LogP contribution in [0.1, 0.15) is 12.8 Å². The van der Waals surface area contributed by atoms with Crippen LogP contribution in [0.25, 0.3) is 11.0 Å². The highest BCUT2D eigenvalue weighted by Gasteiger charge is 2.59. The van der Waals surface area contributed by atoms with Crippen LogP contribution in [0.5, 0.6) is 0 Å². The number of anilines is 1. The molecule has 8 nitrogen and oxygen atoms in total. The maximum absolute atomic E-state index is 13.3. The van der Waals surface area contributed by atoms with E-state index < -0.39 is 24.7 Å². The second-order valence-corrected chi connectivity index (χ2v) is 12.1. The zero-order valence-corrected chi connectivity index (χ0v) is 18.4. The minimum absolute atomic E-state index is 0.0185. The van der Waals surface area contributed by atoms with Gasteiger partial charge in [-0.3, -0.25) is 4.98 Å². The summed E-state index contributed by atoms with van der Waals surface area (Å²) in [4.78, 5) is 9.77. The standard InChI is InChI=1S/C21H22N4O4S2/c26-30(27)15-14-25(31(28,29)17-6-2-1-3-7-17)21(30)10-12-24(13-11-21)20-16-22-18-8-4-5-9-19(18)23-20/h1-9,16H,10-15H2. The van der Waals surface area contributed by atoms with E-state index in [1.165, 1.54) is 16.4 Å². The van der Waals surface area contributed by atoms with Gasteiger partial charge in [-0.25, -0.2) is 21.8 Å². The van der Waals surface area contributed by atoms with E-state index in [0.29, 0.717) is 18.9 Å². The van der Waals surface area contributed by atoms with Gasteiger partial charge in [-0.05, 0) is 37.1 Å². The second kappa shape index (κ2) is 7.25. The van der Waals surface area contributed by atoms with Crippen LogP contribution in [0.15, 0.2) is 65.7 Å². The Morgan fingerprint density at radius 2 is 1.52 bits per heavy atom. The van der Waals surface area contributed by atoms with Gasteiger partial charge < -0.3 is 4.90 Å². The molecular weight excluding hydrogens is 436 g/mol. The predicted molar refractivity (Wildman–Crippen MR) is 118 cm³/mol. The van der Waals surface area contributed by atoms with Gasteiger partial charge in [0.05, 0.1) is 27.9 Å². The first kappa shape index (κ1) is 20.3. The Labute approximate surface area is 181 Å². The van der Waals surface area contributed by atoms with Gasteiger partial charge in [0.2, 0.25) is 10.0 Å². The third-order valence-electron chi connectivity index (χ3n) is 6.23. The first-order chi connectivity index (χ1) is 14.8. The van der Waals surface area contributed by atoms with Crippen molar-refractivity contribution in [2.24, 2.45) is 0 Å². The molecule has 1 spiro atoms. The fourth-order valence-corrected chi connectivity index (χ4v) is 9.02. The summed E-state index contributed by atoms with van der Waals surface area (Å²) < 4.78 is 54.0. The van der Waals surface area contributed by atoms with Crippen LogP contribution in [0.2, 0.25) is 0 Å². The number of sulfone groups is 1. The first-order valence-corrected chi connectivity index (χ1v) is 13.2. The zero-order chi connectivity index (χ0) is 21.7. The molecule has 162 valence electrons. The van der Waals surface area contributed by atoms with Gasteiger partial charge in [0, 0.05) is 19.6 Å². The Bertz CT molecular complexity index is 1340.